The van der Waals surface area contributed by atoms with Crippen LogP contribution in [-0.2, 0) is 6.54 Å². The van der Waals surface area contributed by atoms with E-state index in [9.17, 15) is 9.59 Å². The summed E-state index contributed by atoms with van der Waals surface area (Å²) in [6, 6.07) is 15.9. The number of piperidine rings is 1. The molecule has 1 atom stereocenters. The number of aryl methyl sites for hydroxylation is 1. The van der Waals surface area contributed by atoms with E-state index in [4.69, 9.17) is 4.42 Å². The third-order valence-electron chi connectivity index (χ3n) is 5.58. The van der Waals surface area contributed by atoms with E-state index in [-0.39, 0.29) is 17.6 Å². The summed E-state index contributed by atoms with van der Waals surface area (Å²) < 4.78 is 5.12. The van der Waals surface area contributed by atoms with Crippen LogP contribution in [-0.4, -0.2) is 35.8 Å². The minimum Gasteiger partial charge on any atom is -0.459 e. The lowest BCUT2D eigenvalue weighted by Crippen LogP contribution is -2.46. The SMILES string of the molecule is Cc1cc(NC(=O)c2ccco2)sc1C(=O)NCC1CCCCN1Cc1ccccc1. The van der Waals surface area contributed by atoms with Crippen LogP contribution in [0.4, 0.5) is 5.00 Å². The zero-order chi connectivity index (χ0) is 21.6. The quantitative estimate of drug-likeness (QED) is 0.563. The third-order valence-corrected chi connectivity index (χ3v) is 6.73. The van der Waals surface area contributed by atoms with Gasteiger partial charge in [-0.05, 0) is 55.6 Å². The molecular weight excluding hydrogens is 410 g/mol. The Morgan fingerprint density at radius 3 is 2.74 bits per heavy atom. The van der Waals surface area contributed by atoms with Crippen molar-refractivity contribution in [1.29, 1.82) is 0 Å². The molecule has 1 aliphatic rings. The molecule has 0 spiro atoms. The summed E-state index contributed by atoms with van der Waals surface area (Å²) in [5.74, 6) is -0.170. The van der Waals surface area contributed by atoms with Crippen molar-refractivity contribution < 1.29 is 14.0 Å². The molecule has 0 bridgehead atoms. The Bertz CT molecular complexity index is 1010. The van der Waals surface area contributed by atoms with E-state index in [2.05, 4.69) is 39.8 Å². The van der Waals surface area contributed by atoms with E-state index in [0.717, 1.165) is 25.1 Å². The van der Waals surface area contributed by atoms with Crippen molar-refractivity contribution >= 4 is 28.2 Å². The molecule has 0 aliphatic carbocycles. The van der Waals surface area contributed by atoms with Crippen LogP contribution in [0, 0.1) is 6.92 Å². The minimum absolute atomic E-state index is 0.0915. The van der Waals surface area contributed by atoms with E-state index >= 15 is 0 Å². The molecule has 4 rings (SSSR count). The molecule has 3 aromatic rings. The second kappa shape index (κ2) is 9.94. The molecule has 0 saturated carbocycles. The van der Waals surface area contributed by atoms with Crippen molar-refractivity contribution in [2.45, 2.75) is 38.8 Å². The van der Waals surface area contributed by atoms with Crippen molar-refractivity contribution in [2.75, 3.05) is 18.4 Å². The Hall–Kier alpha value is -2.90. The molecule has 0 radical (unpaired) electrons. The fourth-order valence-electron chi connectivity index (χ4n) is 3.96. The fraction of sp³-hybridized carbons (Fsp3) is 0.333. The van der Waals surface area contributed by atoms with Crippen LogP contribution in [0.3, 0.4) is 0 Å². The van der Waals surface area contributed by atoms with Crippen LogP contribution in [0.15, 0.2) is 59.2 Å². The summed E-state index contributed by atoms with van der Waals surface area (Å²) in [4.78, 5) is 28.1. The number of thiophene rings is 1. The van der Waals surface area contributed by atoms with Crippen LogP contribution in [0.5, 0.6) is 0 Å². The topological polar surface area (TPSA) is 74.6 Å². The van der Waals surface area contributed by atoms with Gasteiger partial charge in [0.1, 0.15) is 0 Å². The number of hydrogen-bond donors (Lipinski definition) is 2. The van der Waals surface area contributed by atoms with E-state index < -0.39 is 0 Å². The van der Waals surface area contributed by atoms with Crippen LogP contribution in [0.1, 0.15) is 50.6 Å². The summed E-state index contributed by atoms with van der Waals surface area (Å²) in [7, 11) is 0. The monoisotopic (exact) mass is 437 g/mol. The van der Waals surface area contributed by atoms with Crippen molar-refractivity contribution in [3.8, 4) is 0 Å². The lowest BCUT2D eigenvalue weighted by Gasteiger charge is -2.35. The molecule has 6 nitrogen and oxygen atoms in total. The van der Waals surface area contributed by atoms with Crippen molar-refractivity contribution in [1.82, 2.24) is 10.2 Å². The number of carbonyl (C=O) groups excluding carboxylic acids is 2. The van der Waals surface area contributed by atoms with Crippen molar-refractivity contribution in [2.24, 2.45) is 0 Å². The molecule has 1 aliphatic heterocycles. The van der Waals surface area contributed by atoms with Crippen LogP contribution < -0.4 is 10.6 Å². The average Bonchev–Trinajstić information content (AvgIpc) is 3.44. The molecular formula is C24H27N3O3S. The molecule has 1 unspecified atom stereocenters. The number of furan rings is 1. The van der Waals surface area contributed by atoms with Gasteiger partial charge >= 0.3 is 0 Å². The normalized spacial score (nSPS) is 16.7. The van der Waals surface area contributed by atoms with Crippen LogP contribution >= 0.6 is 11.3 Å². The standard InChI is InChI=1S/C24H27N3O3S/c1-17-14-21(26-23(28)20-11-7-13-30-20)31-22(17)24(29)25-15-19-10-5-6-12-27(19)16-18-8-3-2-4-9-18/h2-4,7-9,11,13-14,19H,5-6,10,12,15-16H2,1H3,(H,25,29)(H,26,28). The zero-order valence-electron chi connectivity index (χ0n) is 17.6. The summed E-state index contributed by atoms with van der Waals surface area (Å²) >= 11 is 1.28. The second-order valence-electron chi connectivity index (χ2n) is 7.87. The maximum Gasteiger partial charge on any atom is 0.291 e. The molecule has 2 N–H and O–H groups in total. The number of rotatable bonds is 7. The Kier molecular flexibility index (Phi) is 6.84. The van der Waals surface area contributed by atoms with Gasteiger partial charge in [-0.1, -0.05) is 36.8 Å². The highest BCUT2D eigenvalue weighted by Crippen LogP contribution is 2.27. The van der Waals surface area contributed by atoms with Gasteiger partial charge in [0, 0.05) is 19.1 Å². The summed E-state index contributed by atoms with van der Waals surface area (Å²) in [5.41, 5.74) is 2.15. The predicted octanol–water partition coefficient (Wildman–Crippen LogP) is 4.69. The Balaban J connectivity index is 1.35. The van der Waals surface area contributed by atoms with Gasteiger partial charge in [-0.15, -0.1) is 11.3 Å². The Morgan fingerprint density at radius 2 is 1.97 bits per heavy atom. The molecule has 31 heavy (non-hydrogen) atoms. The summed E-state index contributed by atoms with van der Waals surface area (Å²) in [6.45, 7) is 4.46. The molecule has 3 heterocycles. The number of likely N-dealkylation sites (tertiary alicyclic amines) is 1. The smallest absolute Gasteiger partial charge is 0.291 e. The first-order valence-electron chi connectivity index (χ1n) is 10.6. The van der Waals surface area contributed by atoms with E-state index in [1.807, 2.05) is 19.1 Å². The average molecular weight is 438 g/mol. The summed E-state index contributed by atoms with van der Waals surface area (Å²) in [5, 5.41) is 6.55. The minimum atomic E-state index is -0.322. The molecule has 7 heteroatoms. The van der Waals surface area contributed by atoms with Gasteiger partial charge in [0.25, 0.3) is 11.8 Å². The molecule has 2 aromatic heterocycles. The zero-order valence-corrected chi connectivity index (χ0v) is 18.4. The van der Waals surface area contributed by atoms with Gasteiger partial charge in [-0.25, -0.2) is 0 Å². The van der Waals surface area contributed by atoms with Gasteiger partial charge in [0.05, 0.1) is 16.1 Å². The fourth-order valence-corrected chi connectivity index (χ4v) is 4.94. The first kappa shape index (κ1) is 21.3. The number of nitrogens with one attached hydrogen (secondary N) is 2. The number of amides is 2. The van der Waals surface area contributed by atoms with Gasteiger partial charge in [-0.3, -0.25) is 14.5 Å². The lowest BCUT2D eigenvalue weighted by atomic mass is 10.0. The number of benzene rings is 1. The largest absolute Gasteiger partial charge is 0.459 e. The number of carbonyl (C=O) groups is 2. The van der Waals surface area contributed by atoms with Gasteiger partial charge in [0.2, 0.25) is 0 Å². The maximum absolute atomic E-state index is 12.9. The van der Waals surface area contributed by atoms with Gasteiger partial charge < -0.3 is 15.1 Å². The van der Waals surface area contributed by atoms with E-state index in [1.165, 1.54) is 36.0 Å². The molecule has 1 fully saturated rings. The number of hydrogen-bond acceptors (Lipinski definition) is 5. The highest BCUT2D eigenvalue weighted by Gasteiger charge is 2.24. The molecule has 2 amide bonds. The van der Waals surface area contributed by atoms with Gasteiger partial charge in [-0.2, -0.15) is 0 Å². The van der Waals surface area contributed by atoms with Gasteiger partial charge in [0.15, 0.2) is 5.76 Å². The van der Waals surface area contributed by atoms with Crippen molar-refractivity contribution in [3.05, 3.63) is 76.6 Å². The number of nitrogens with zero attached hydrogens (tertiary/aromatic N) is 1. The first-order valence-corrected chi connectivity index (χ1v) is 11.4. The Labute approximate surface area is 186 Å². The first-order chi connectivity index (χ1) is 15.1. The van der Waals surface area contributed by atoms with E-state index in [1.54, 1.807) is 12.1 Å². The molecule has 162 valence electrons. The van der Waals surface area contributed by atoms with Crippen LogP contribution in [0.25, 0.3) is 0 Å². The predicted molar refractivity (Wildman–Crippen MR) is 123 cm³/mol. The molecule has 1 saturated heterocycles. The van der Waals surface area contributed by atoms with Crippen molar-refractivity contribution in [3.63, 3.8) is 0 Å². The second-order valence-corrected chi connectivity index (χ2v) is 8.92. The summed E-state index contributed by atoms with van der Waals surface area (Å²) in [6.07, 6.45) is 4.92. The number of anilines is 1. The van der Waals surface area contributed by atoms with E-state index in [0.29, 0.717) is 22.5 Å². The van der Waals surface area contributed by atoms with Crippen LogP contribution in [0.2, 0.25) is 0 Å². The highest BCUT2D eigenvalue weighted by molar-refractivity contribution is 7.18. The highest BCUT2D eigenvalue weighted by atomic mass is 32.1. The lowest BCUT2D eigenvalue weighted by molar-refractivity contribution is 0.0910. The third kappa shape index (κ3) is 5.42. The maximum atomic E-state index is 12.9. The Morgan fingerprint density at radius 1 is 1.13 bits per heavy atom. The molecule has 1 aromatic carbocycles.